The summed E-state index contributed by atoms with van der Waals surface area (Å²) in [7, 11) is -4.22. The van der Waals surface area contributed by atoms with Crippen molar-refractivity contribution in [2.45, 2.75) is 37.8 Å². The van der Waals surface area contributed by atoms with Crippen LogP contribution < -0.4 is 15.5 Å². The number of hydrazine groups is 1. The lowest BCUT2D eigenvalue weighted by Crippen LogP contribution is -2.49. The van der Waals surface area contributed by atoms with Gasteiger partial charge in [-0.05, 0) is 42.7 Å². The number of nitrogens with zero attached hydrogens (tertiary/aromatic N) is 1. The van der Waals surface area contributed by atoms with E-state index in [0.717, 1.165) is 16.1 Å². The Hall–Kier alpha value is -4.23. The van der Waals surface area contributed by atoms with Crippen molar-refractivity contribution in [1.29, 1.82) is 5.41 Å². The van der Waals surface area contributed by atoms with Crippen LogP contribution in [0.4, 0.5) is 4.79 Å². The molecule has 3 aromatic carbocycles. The van der Waals surface area contributed by atoms with Crippen LogP contribution in [0.3, 0.4) is 0 Å². The molecule has 230 valence electrons. The predicted molar refractivity (Wildman–Crippen MR) is 165 cm³/mol. The number of carbonyl (C=O) groups excluding carboxylic acids is 3. The maximum Gasteiger partial charge on any atom is 0.413 e. The molecule has 0 saturated carbocycles. The Morgan fingerprint density at radius 2 is 1.70 bits per heavy atom. The predicted octanol–water partition coefficient (Wildman–Crippen LogP) is 4.69. The summed E-state index contributed by atoms with van der Waals surface area (Å²) >= 11 is 12.0. The highest BCUT2D eigenvalue weighted by atomic mass is 35.5. The van der Waals surface area contributed by atoms with Crippen molar-refractivity contribution in [3.8, 4) is 0 Å². The number of amidine groups is 1. The Morgan fingerprint density at radius 3 is 2.41 bits per heavy atom. The molecule has 0 unspecified atom stereocenters. The molecule has 3 aromatic rings. The molecule has 4 rings (SSSR count). The summed E-state index contributed by atoms with van der Waals surface area (Å²) in [6, 6.07) is 19.7. The Balaban J connectivity index is 1.28. The van der Waals surface area contributed by atoms with Gasteiger partial charge in [0.1, 0.15) is 17.3 Å². The fourth-order valence-corrected chi connectivity index (χ4v) is 6.04. The molecule has 0 bridgehead atoms. The summed E-state index contributed by atoms with van der Waals surface area (Å²) in [5.41, 5.74) is 2.84. The van der Waals surface area contributed by atoms with E-state index < -0.39 is 27.9 Å². The third kappa shape index (κ3) is 8.66. The summed E-state index contributed by atoms with van der Waals surface area (Å²) in [6.45, 7) is 2.02. The lowest BCUT2D eigenvalue weighted by atomic mass is 9.98. The fourth-order valence-electron chi connectivity index (χ4n) is 4.21. The lowest BCUT2D eigenvalue weighted by molar-refractivity contribution is -0.131. The number of carbonyl (C=O) groups is 3. The fraction of sp³-hybridized carbons (Fsp3) is 0.200. The van der Waals surface area contributed by atoms with Gasteiger partial charge in [0.25, 0.3) is 15.9 Å². The second-order valence-electron chi connectivity index (χ2n) is 9.85. The first kappa shape index (κ1) is 32.7. The number of hydrogen-bond acceptors (Lipinski definition) is 7. The second kappa shape index (κ2) is 14.5. The maximum atomic E-state index is 13.1. The van der Waals surface area contributed by atoms with Gasteiger partial charge in [0.2, 0.25) is 5.91 Å². The summed E-state index contributed by atoms with van der Waals surface area (Å²) < 4.78 is 30.9. The zero-order valence-electron chi connectivity index (χ0n) is 23.5. The van der Waals surface area contributed by atoms with Gasteiger partial charge in [-0.25, -0.2) is 13.2 Å². The highest BCUT2D eigenvalue weighted by molar-refractivity contribution is 7.89. The summed E-state index contributed by atoms with van der Waals surface area (Å²) in [6.07, 6.45) is -0.642. The minimum atomic E-state index is -4.22. The van der Waals surface area contributed by atoms with E-state index in [-0.39, 0.29) is 52.5 Å². The number of halogens is 2. The SMILES string of the molecule is CC1=C(CC(=O)NCc2ccc(C(=N)NC(=O)OCc3ccccc3)cc2)C(=O)N(NS(=O)(=O)c2cc(Cl)ccc2Cl)CC1. The van der Waals surface area contributed by atoms with E-state index in [1.807, 2.05) is 30.3 Å². The number of benzene rings is 3. The van der Waals surface area contributed by atoms with Gasteiger partial charge in [-0.2, -0.15) is 0 Å². The van der Waals surface area contributed by atoms with Crippen molar-refractivity contribution in [2.24, 2.45) is 0 Å². The van der Waals surface area contributed by atoms with Crippen LogP contribution in [0.25, 0.3) is 0 Å². The maximum absolute atomic E-state index is 13.1. The zero-order chi connectivity index (χ0) is 31.9. The first-order chi connectivity index (χ1) is 20.9. The van der Waals surface area contributed by atoms with Gasteiger partial charge in [-0.15, -0.1) is 4.83 Å². The summed E-state index contributed by atoms with van der Waals surface area (Å²) in [5, 5.41) is 14.3. The topological polar surface area (TPSA) is 158 Å². The summed E-state index contributed by atoms with van der Waals surface area (Å²) in [4.78, 5) is 39.9. The summed E-state index contributed by atoms with van der Waals surface area (Å²) in [5.74, 6) is -1.21. The molecule has 3 amide bonds. The molecular weight excluding hydrogens is 629 g/mol. The van der Waals surface area contributed by atoms with Crippen LogP contribution in [0.2, 0.25) is 10.0 Å². The molecule has 0 spiro atoms. The molecule has 0 aliphatic carbocycles. The molecule has 1 aliphatic heterocycles. The van der Waals surface area contributed by atoms with Crippen molar-refractivity contribution in [3.63, 3.8) is 0 Å². The molecule has 11 nitrogen and oxygen atoms in total. The zero-order valence-corrected chi connectivity index (χ0v) is 25.9. The van der Waals surface area contributed by atoms with Crippen LogP contribution in [0.15, 0.2) is 88.8 Å². The smallest absolute Gasteiger partial charge is 0.413 e. The Bertz CT molecular complexity index is 1710. The van der Waals surface area contributed by atoms with Crippen molar-refractivity contribution < 1.29 is 27.5 Å². The number of rotatable bonds is 10. The molecule has 1 aliphatic rings. The van der Waals surface area contributed by atoms with Gasteiger partial charge < -0.3 is 10.1 Å². The highest BCUT2D eigenvalue weighted by Gasteiger charge is 2.31. The van der Waals surface area contributed by atoms with E-state index in [2.05, 4.69) is 15.5 Å². The largest absolute Gasteiger partial charge is 0.444 e. The van der Waals surface area contributed by atoms with E-state index in [1.165, 1.54) is 18.2 Å². The van der Waals surface area contributed by atoms with E-state index in [0.29, 0.717) is 17.6 Å². The van der Waals surface area contributed by atoms with Gasteiger partial charge in [-0.1, -0.05) is 83.4 Å². The normalized spacial score (nSPS) is 13.4. The Morgan fingerprint density at radius 1 is 1.00 bits per heavy atom. The second-order valence-corrected chi connectivity index (χ2v) is 12.3. The van der Waals surface area contributed by atoms with Crippen LogP contribution in [0.5, 0.6) is 0 Å². The molecule has 14 heteroatoms. The monoisotopic (exact) mass is 657 g/mol. The van der Waals surface area contributed by atoms with Crippen LogP contribution in [-0.4, -0.2) is 43.7 Å². The Kier molecular flexibility index (Phi) is 10.8. The van der Waals surface area contributed by atoms with E-state index in [4.69, 9.17) is 33.3 Å². The molecule has 0 radical (unpaired) electrons. The molecule has 1 heterocycles. The van der Waals surface area contributed by atoms with E-state index >= 15 is 0 Å². The molecule has 0 saturated heterocycles. The van der Waals surface area contributed by atoms with E-state index in [1.54, 1.807) is 31.2 Å². The van der Waals surface area contributed by atoms with Crippen LogP contribution in [0, 0.1) is 5.41 Å². The molecular formula is C30H29Cl2N5O6S. The molecule has 0 aromatic heterocycles. The number of sulfonamides is 1. The average Bonchev–Trinajstić information content (AvgIpc) is 3.00. The Labute approximate surface area is 264 Å². The number of amides is 3. The van der Waals surface area contributed by atoms with Gasteiger partial charge >= 0.3 is 6.09 Å². The minimum Gasteiger partial charge on any atom is -0.444 e. The molecule has 44 heavy (non-hydrogen) atoms. The first-order valence-electron chi connectivity index (χ1n) is 13.3. The molecule has 4 N–H and O–H groups in total. The number of nitrogens with one attached hydrogen (secondary N) is 4. The van der Waals surface area contributed by atoms with Crippen molar-refractivity contribution in [2.75, 3.05) is 6.54 Å². The van der Waals surface area contributed by atoms with Crippen LogP contribution in [0.1, 0.15) is 36.5 Å². The molecule has 0 fully saturated rings. The number of ether oxygens (including phenoxy) is 1. The van der Waals surface area contributed by atoms with E-state index in [9.17, 15) is 22.8 Å². The quantitative estimate of drug-likeness (QED) is 0.183. The van der Waals surface area contributed by atoms with Crippen molar-refractivity contribution >= 4 is 57.0 Å². The number of hydrogen-bond donors (Lipinski definition) is 4. The minimum absolute atomic E-state index is 0.0554. The number of alkyl carbamates (subject to hydrolysis) is 1. The van der Waals surface area contributed by atoms with Gasteiger partial charge in [-0.3, -0.25) is 25.3 Å². The van der Waals surface area contributed by atoms with Crippen LogP contribution >= 0.6 is 23.2 Å². The van der Waals surface area contributed by atoms with Crippen molar-refractivity contribution in [3.05, 3.63) is 111 Å². The van der Waals surface area contributed by atoms with Gasteiger partial charge in [0, 0.05) is 29.2 Å². The lowest BCUT2D eigenvalue weighted by Gasteiger charge is -2.29. The third-order valence-corrected chi connectivity index (χ3v) is 8.71. The average molecular weight is 659 g/mol. The third-order valence-electron chi connectivity index (χ3n) is 6.65. The highest BCUT2D eigenvalue weighted by Crippen LogP contribution is 2.26. The molecule has 0 atom stereocenters. The first-order valence-corrected chi connectivity index (χ1v) is 15.6. The van der Waals surface area contributed by atoms with Crippen molar-refractivity contribution in [1.82, 2.24) is 20.5 Å². The van der Waals surface area contributed by atoms with Crippen LogP contribution in [-0.2, 0) is 37.5 Å². The standard InChI is InChI=1S/C30H29Cl2N5O6S/c1-19-13-14-37(36-44(41,42)26-15-23(31)11-12-25(26)32)29(39)24(19)16-27(38)34-17-20-7-9-22(10-8-20)28(33)35-30(40)43-18-21-5-3-2-4-6-21/h2-12,15,36H,13-14,16-18H2,1H3,(H,34,38)(H2,33,35,40). The van der Waals surface area contributed by atoms with Gasteiger partial charge in [0.05, 0.1) is 11.4 Å². The van der Waals surface area contributed by atoms with Gasteiger partial charge in [0.15, 0.2) is 0 Å².